The topological polar surface area (TPSA) is 81.0 Å². The maximum Gasteiger partial charge on any atom is 0.264 e. The summed E-state index contributed by atoms with van der Waals surface area (Å²) in [6.45, 7) is 1.93. The van der Waals surface area contributed by atoms with Gasteiger partial charge in [0, 0.05) is 13.1 Å². The maximum atomic E-state index is 12.2. The van der Waals surface area contributed by atoms with Gasteiger partial charge in [0.2, 0.25) is 0 Å². The number of hydrogen-bond acceptors (Lipinski definition) is 5. The normalized spacial score (nSPS) is 22.2. The molecule has 0 spiro atoms. The van der Waals surface area contributed by atoms with Gasteiger partial charge in [0.15, 0.2) is 0 Å². The van der Waals surface area contributed by atoms with Crippen LogP contribution in [0.5, 0.6) is 0 Å². The fourth-order valence-corrected chi connectivity index (χ4v) is 2.94. The van der Waals surface area contributed by atoms with E-state index in [4.69, 9.17) is 5.11 Å². The Morgan fingerprint density at radius 3 is 2.68 bits per heavy atom. The number of rotatable bonds is 1. The van der Waals surface area contributed by atoms with Crippen LogP contribution in [0.25, 0.3) is 0 Å². The molecule has 0 radical (unpaired) electrons. The zero-order valence-electron chi connectivity index (χ0n) is 10.5. The maximum absolute atomic E-state index is 12.2. The van der Waals surface area contributed by atoms with Gasteiger partial charge in [0.05, 0.1) is 22.0 Å². The van der Waals surface area contributed by atoms with Gasteiger partial charge >= 0.3 is 0 Å². The third-order valence-corrected chi connectivity index (χ3v) is 4.10. The largest absolute Gasteiger partial charge is 0.388 e. The average molecular weight is 281 g/mol. The van der Waals surface area contributed by atoms with Crippen LogP contribution in [0.15, 0.2) is 6.07 Å². The van der Waals surface area contributed by atoms with E-state index in [0.29, 0.717) is 4.88 Å². The molecule has 0 saturated carbocycles. The van der Waals surface area contributed by atoms with E-state index in [1.807, 2.05) is 6.92 Å². The van der Waals surface area contributed by atoms with Gasteiger partial charge in [-0.1, -0.05) is 11.8 Å². The van der Waals surface area contributed by atoms with Gasteiger partial charge < -0.3 is 20.2 Å². The molecule has 1 fully saturated rings. The number of amides is 1. The lowest BCUT2D eigenvalue weighted by Gasteiger charge is -2.13. The van der Waals surface area contributed by atoms with E-state index in [-0.39, 0.29) is 25.6 Å². The van der Waals surface area contributed by atoms with E-state index in [1.165, 1.54) is 16.2 Å². The minimum atomic E-state index is -0.876. The molecular formula is C13H15NO4S. The SMILES string of the molecule is Cc1cc(C(=O)N2CC(O)C(O)C2)sc1C#CCO. The Bertz CT molecular complexity index is 533. The van der Waals surface area contributed by atoms with Crippen molar-refractivity contribution in [3.8, 4) is 11.8 Å². The third-order valence-electron chi connectivity index (χ3n) is 2.96. The molecule has 1 saturated heterocycles. The summed E-state index contributed by atoms with van der Waals surface area (Å²) < 4.78 is 0. The van der Waals surface area contributed by atoms with E-state index in [1.54, 1.807) is 6.07 Å². The summed E-state index contributed by atoms with van der Waals surface area (Å²) in [5.74, 6) is 5.14. The lowest BCUT2D eigenvalue weighted by molar-refractivity contribution is 0.0572. The number of thiophene rings is 1. The predicted molar refractivity (Wildman–Crippen MR) is 70.9 cm³/mol. The highest BCUT2D eigenvalue weighted by molar-refractivity contribution is 7.14. The van der Waals surface area contributed by atoms with Crippen LogP contribution in [0.1, 0.15) is 20.1 Å². The van der Waals surface area contributed by atoms with Crippen LogP contribution < -0.4 is 0 Å². The van der Waals surface area contributed by atoms with Crippen LogP contribution >= 0.6 is 11.3 Å². The summed E-state index contributed by atoms with van der Waals surface area (Å²) in [6.07, 6.45) is -1.75. The fraction of sp³-hybridized carbons (Fsp3) is 0.462. The standard InChI is InChI=1S/C13H15NO4S/c1-8-5-12(19-11(8)3-2-4-15)13(18)14-6-9(16)10(17)7-14/h5,9-10,15-17H,4,6-7H2,1H3. The van der Waals surface area contributed by atoms with Crippen molar-refractivity contribution in [1.82, 2.24) is 4.90 Å². The van der Waals surface area contributed by atoms with E-state index in [9.17, 15) is 15.0 Å². The second-order valence-electron chi connectivity index (χ2n) is 4.43. The second kappa shape index (κ2) is 5.72. The number of aliphatic hydroxyl groups is 3. The summed E-state index contributed by atoms with van der Waals surface area (Å²) >= 11 is 1.26. The van der Waals surface area contributed by atoms with Gasteiger partial charge in [0.25, 0.3) is 5.91 Å². The monoisotopic (exact) mass is 281 g/mol. The molecule has 19 heavy (non-hydrogen) atoms. The first kappa shape index (κ1) is 14.0. The molecule has 3 N–H and O–H groups in total. The highest BCUT2D eigenvalue weighted by Crippen LogP contribution is 2.24. The van der Waals surface area contributed by atoms with Crippen molar-refractivity contribution in [3.05, 3.63) is 21.4 Å². The summed E-state index contributed by atoms with van der Waals surface area (Å²) in [5.41, 5.74) is 0.884. The molecule has 2 rings (SSSR count). The highest BCUT2D eigenvalue weighted by Gasteiger charge is 2.33. The number of likely N-dealkylation sites (tertiary alicyclic amines) is 1. The Morgan fingerprint density at radius 2 is 2.11 bits per heavy atom. The second-order valence-corrected chi connectivity index (χ2v) is 5.48. The molecule has 102 valence electrons. The number of β-amino-alcohol motifs (C(OH)–C–C–N with tert-alkyl or cyclic N) is 2. The van der Waals surface area contributed by atoms with Crippen molar-refractivity contribution in [2.24, 2.45) is 0 Å². The van der Waals surface area contributed by atoms with Crippen LogP contribution in [0.4, 0.5) is 0 Å². The lowest BCUT2D eigenvalue weighted by Crippen LogP contribution is -2.29. The summed E-state index contributed by atoms with van der Waals surface area (Å²) in [5, 5.41) is 27.6. The molecule has 2 unspecified atom stereocenters. The van der Waals surface area contributed by atoms with E-state index >= 15 is 0 Å². The number of carbonyl (C=O) groups is 1. The first-order chi connectivity index (χ1) is 9.02. The Morgan fingerprint density at radius 1 is 1.47 bits per heavy atom. The molecule has 0 aromatic carbocycles. The van der Waals surface area contributed by atoms with Crippen molar-refractivity contribution < 1.29 is 20.1 Å². The van der Waals surface area contributed by atoms with Gasteiger partial charge in [-0.05, 0) is 18.6 Å². The average Bonchev–Trinajstić information content (AvgIpc) is 2.90. The zero-order valence-corrected chi connectivity index (χ0v) is 11.3. The number of hydrogen-bond donors (Lipinski definition) is 3. The van der Waals surface area contributed by atoms with Crippen LogP contribution in [-0.2, 0) is 0 Å². The summed E-state index contributed by atoms with van der Waals surface area (Å²) in [6, 6.07) is 1.74. The van der Waals surface area contributed by atoms with Crippen LogP contribution in [0, 0.1) is 18.8 Å². The molecule has 2 atom stereocenters. The fourth-order valence-electron chi connectivity index (χ4n) is 1.92. The Balaban J connectivity index is 2.16. The molecule has 1 aliphatic rings. The van der Waals surface area contributed by atoms with Gasteiger partial charge in [-0.15, -0.1) is 11.3 Å². The molecule has 1 aliphatic heterocycles. The summed E-state index contributed by atoms with van der Waals surface area (Å²) in [4.78, 5) is 14.9. The minimum absolute atomic E-state index is 0.147. The quantitative estimate of drug-likeness (QED) is 0.611. The molecular weight excluding hydrogens is 266 g/mol. The Labute approximate surface area is 115 Å². The molecule has 2 heterocycles. The number of aliphatic hydroxyl groups excluding tert-OH is 3. The van der Waals surface area contributed by atoms with Gasteiger partial charge in [-0.2, -0.15) is 0 Å². The van der Waals surface area contributed by atoms with Crippen molar-refractivity contribution in [2.75, 3.05) is 19.7 Å². The lowest BCUT2D eigenvalue weighted by atomic mass is 10.2. The zero-order chi connectivity index (χ0) is 14.0. The van der Waals surface area contributed by atoms with Crippen molar-refractivity contribution in [3.63, 3.8) is 0 Å². The molecule has 1 amide bonds. The van der Waals surface area contributed by atoms with Crippen molar-refractivity contribution in [2.45, 2.75) is 19.1 Å². The molecule has 5 nitrogen and oxygen atoms in total. The van der Waals surface area contributed by atoms with Crippen molar-refractivity contribution in [1.29, 1.82) is 0 Å². The number of aryl methyl sites for hydroxylation is 1. The predicted octanol–water partition coefficient (Wildman–Crippen LogP) is -0.422. The highest BCUT2D eigenvalue weighted by atomic mass is 32.1. The van der Waals surface area contributed by atoms with Crippen LogP contribution in [-0.4, -0.2) is 58.0 Å². The molecule has 0 aliphatic carbocycles. The number of carbonyl (C=O) groups excluding carboxylic acids is 1. The Kier molecular flexibility index (Phi) is 4.22. The van der Waals surface area contributed by atoms with Crippen LogP contribution in [0.2, 0.25) is 0 Å². The molecule has 1 aromatic rings. The smallest absolute Gasteiger partial charge is 0.264 e. The van der Waals surface area contributed by atoms with Gasteiger partial charge in [-0.3, -0.25) is 4.79 Å². The van der Waals surface area contributed by atoms with E-state index in [0.717, 1.165) is 10.4 Å². The molecule has 0 bridgehead atoms. The van der Waals surface area contributed by atoms with Crippen LogP contribution in [0.3, 0.4) is 0 Å². The first-order valence-electron chi connectivity index (χ1n) is 5.88. The molecule has 1 aromatic heterocycles. The summed E-state index contributed by atoms with van der Waals surface area (Å²) in [7, 11) is 0. The minimum Gasteiger partial charge on any atom is -0.388 e. The van der Waals surface area contributed by atoms with Crippen molar-refractivity contribution >= 4 is 17.2 Å². The van der Waals surface area contributed by atoms with Gasteiger partial charge in [0.1, 0.15) is 6.61 Å². The third kappa shape index (κ3) is 2.96. The molecule has 6 heteroatoms. The first-order valence-corrected chi connectivity index (χ1v) is 6.70. The number of nitrogens with zero attached hydrogens (tertiary/aromatic N) is 1. The Hall–Kier alpha value is -1.39. The van der Waals surface area contributed by atoms with E-state index < -0.39 is 12.2 Å². The van der Waals surface area contributed by atoms with Gasteiger partial charge in [-0.25, -0.2) is 0 Å². The van der Waals surface area contributed by atoms with E-state index in [2.05, 4.69) is 11.8 Å².